The molecule has 1 N–H and O–H groups in total. The molecule has 2 heterocycles. The van der Waals surface area contributed by atoms with E-state index in [4.69, 9.17) is 0 Å². The van der Waals surface area contributed by atoms with Gasteiger partial charge >= 0.3 is 0 Å². The first-order valence-electron chi connectivity index (χ1n) is 8.11. The molecule has 124 valence electrons. The summed E-state index contributed by atoms with van der Waals surface area (Å²) >= 11 is 0. The molecular weight excluding hydrogens is 302 g/mol. The molecule has 5 nitrogen and oxygen atoms in total. The zero-order valence-corrected chi connectivity index (χ0v) is 13.9. The number of nitrogens with zero attached hydrogens (tertiary/aromatic N) is 3. The summed E-state index contributed by atoms with van der Waals surface area (Å²) in [5.41, 5.74) is 2.27. The summed E-state index contributed by atoms with van der Waals surface area (Å²) in [7, 11) is 0. The van der Waals surface area contributed by atoms with Gasteiger partial charge in [-0.15, -0.1) is 0 Å². The molecule has 0 unspecified atom stereocenters. The molecular formula is C19H21N3O2. The third-order valence-electron chi connectivity index (χ3n) is 3.98. The molecule has 0 radical (unpaired) electrons. The second-order valence-electron chi connectivity index (χ2n) is 6.43. The number of hydrogen-bond acceptors (Lipinski definition) is 4. The lowest BCUT2D eigenvalue weighted by Crippen LogP contribution is -2.24. The van der Waals surface area contributed by atoms with Crippen molar-refractivity contribution in [1.82, 2.24) is 14.5 Å². The van der Waals surface area contributed by atoms with Crippen molar-refractivity contribution in [1.29, 1.82) is 0 Å². The van der Waals surface area contributed by atoms with Gasteiger partial charge in [0.2, 0.25) is 0 Å². The van der Waals surface area contributed by atoms with E-state index in [1.807, 2.05) is 24.3 Å². The van der Waals surface area contributed by atoms with Gasteiger partial charge < -0.3 is 5.11 Å². The van der Waals surface area contributed by atoms with Crippen molar-refractivity contribution in [2.24, 2.45) is 5.92 Å². The maximum absolute atomic E-state index is 12.4. The molecule has 3 rings (SSSR count). The van der Waals surface area contributed by atoms with Gasteiger partial charge in [-0.2, -0.15) is 0 Å². The van der Waals surface area contributed by atoms with E-state index in [0.717, 1.165) is 12.0 Å². The van der Waals surface area contributed by atoms with Crippen LogP contribution >= 0.6 is 0 Å². The molecule has 5 heteroatoms. The summed E-state index contributed by atoms with van der Waals surface area (Å²) in [4.78, 5) is 20.7. The number of rotatable bonds is 5. The topological polar surface area (TPSA) is 68.0 Å². The SMILES string of the molecule is CC(C)Cc1ccc([C@@H](O)Cn2cnc3ncccc3c2=O)cc1. The Labute approximate surface area is 140 Å². The quantitative estimate of drug-likeness (QED) is 0.784. The van der Waals surface area contributed by atoms with Crippen LogP contribution in [-0.2, 0) is 13.0 Å². The maximum Gasteiger partial charge on any atom is 0.262 e. The minimum absolute atomic E-state index is 0.167. The highest BCUT2D eigenvalue weighted by atomic mass is 16.3. The zero-order valence-electron chi connectivity index (χ0n) is 13.9. The molecule has 2 aromatic heterocycles. The van der Waals surface area contributed by atoms with Crippen LogP contribution < -0.4 is 5.56 Å². The molecule has 1 atom stereocenters. The lowest BCUT2D eigenvalue weighted by molar-refractivity contribution is 0.155. The van der Waals surface area contributed by atoms with Gasteiger partial charge in [-0.05, 0) is 35.6 Å². The predicted molar refractivity (Wildman–Crippen MR) is 93.7 cm³/mol. The molecule has 24 heavy (non-hydrogen) atoms. The van der Waals surface area contributed by atoms with Gasteiger partial charge in [0, 0.05) is 6.20 Å². The smallest absolute Gasteiger partial charge is 0.262 e. The molecule has 0 bridgehead atoms. The van der Waals surface area contributed by atoms with Gasteiger partial charge in [0.05, 0.1) is 18.0 Å². The Morgan fingerprint density at radius 1 is 1.12 bits per heavy atom. The van der Waals surface area contributed by atoms with Crippen molar-refractivity contribution >= 4 is 11.0 Å². The van der Waals surface area contributed by atoms with Crippen molar-refractivity contribution in [3.8, 4) is 0 Å². The fraction of sp³-hybridized carbons (Fsp3) is 0.316. The third-order valence-corrected chi connectivity index (χ3v) is 3.98. The van der Waals surface area contributed by atoms with Gasteiger partial charge in [-0.25, -0.2) is 9.97 Å². The molecule has 1 aromatic carbocycles. The van der Waals surface area contributed by atoms with Crippen LogP contribution in [-0.4, -0.2) is 19.6 Å². The van der Waals surface area contributed by atoms with Crippen LogP contribution in [0.5, 0.6) is 0 Å². The van der Waals surface area contributed by atoms with Crippen molar-refractivity contribution in [2.45, 2.75) is 32.9 Å². The highest BCUT2D eigenvalue weighted by Gasteiger charge is 2.12. The highest BCUT2D eigenvalue weighted by Crippen LogP contribution is 2.17. The number of pyridine rings is 1. The largest absolute Gasteiger partial charge is 0.387 e. The van der Waals surface area contributed by atoms with Crippen LogP contribution in [0.25, 0.3) is 11.0 Å². The first kappa shape index (κ1) is 16.3. The molecule has 0 aliphatic carbocycles. The van der Waals surface area contributed by atoms with E-state index in [1.54, 1.807) is 18.3 Å². The Hall–Kier alpha value is -2.53. The lowest BCUT2D eigenvalue weighted by Gasteiger charge is -2.14. The molecule has 0 saturated heterocycles. The second kappa shape index (κ2) is 6.93. The summed E-state index contributed by atoms with van der Waals surface area (Å²) in [5, 5.41) is 10.9. The van der Waals surface area contributed by atoms with Crippen LogP contribution in [0.1, 0.15) is 31.1 Å². The molecule has 0 aliphatic heterocycles. The van der Waals surface area contributed by atoms with E-state index in [9.17, 15) is 9.90 Å². The Balaban J connectivity index is 1.80. The minimum atomic E-state index is -0.758. The molecule has 0 aliphatic rings. The predicted octanol–water partition coefficient (Wildman–Crippen LogP) is 2.72. The lowest BCUT2D eigenvalue weighted by atomic mass is 10.0. The van der Waals surface area contributed by atoms with Crippen LogP contribution in [0.3, 0.4) is 0 Å². The van der Waals surface area contributed by atoms with Crippen LogP contribution in [0, 0.1) is 5.92 Å². The summed E-state index contributed by atoms with van der Waals surface area (Å²) in [6.07, 6.45) is 3.30. The molecule has 0 amide bonds. The van der Waals surface area contributed by atoms with Gasteiger partial charge in [0.25, 0.3) is 5.56 Å². The monoisotopic (exact) mass is 323 g/mol. The van der Waals surface area contributed by atoms with E-state index < -0.39 is 6.10 Å². The van der Waals surface area contributed by atoms with Gasteiger partial charge in [0.15, 0.2) is 5.65 Å². The van der Waals surface area contributed by atoms with E-state index in [-0.39, 0.29) is 12.1 Å². The van der Waals surface area contributed by atoms with Crippen molar-refractivity contribution in [2.75, 3.05) is 0 Å². The van der Waals surface area contributed by atoms with E-state index in [1.165, 1.54) is 16.5 Å². The van der Waals surface area contributed by atoms with Crippen LogP contribution in [0.15, 0.2) is 53.7 Å². The first-order valence-corrected chi connectivity index (χ1v) is 8.11. The standard InChI is InChI=1S/C19H21N3O2/c1-13(2)10-14-5-7-15(8-6-14)17(23)11-22-12-21-18-16(19(22)24)4-3-9-20-18/h3-9,12-13,17,23H,10-11H2,1-2H3/t17-/m0/s1. The minimum Gasteiger partial charge on any atom is -0.387 e. The van der Waals surface area contributed by atoms with E-state index in [0.29, 0.717) is 17.0 Å². The fourth-order valence-corrected chi connectivity index (χ4v) is 2.77. The third kappa shape index (κ3) is 3.51. The number of fused-ring (bicyclic) bond motifs is 1. The van der Waals surface area contributed by atoms with Crippen molar-refractivity contribution in [3.63, 3.8) is 0 Å². The molecule has 0 saturated carbocycles. The number of benzene rings is 1. The van der Waals surface area contributed by atoms with E-state index in [2.05, 4.69) is 23.8 Å². The Morgan fingerprint density at radius 3 is 2.58 bits per heavy atom. The Kier molecular flexibility index (Phi) is 4.71. The first-order chi connectivity index (χ1) is 11.5. The fourth-order valence-electron chi connectivity index (χ4n) is 2.77. The van der Waals surface area contributed by atoms with E-state index >= 15 is 0 Å². The Morgan fingerprint density at radius 2 is 1.88 bits per heavy atom. The van der Waals surface area contributed by atoms with Crippen molar-refractivity contribution in [3.05, 3.63) is 70.4 Å². The number of aromatic nitrogens is 3. The van der Waals surface area contributed by atoms with Gasteiger partial charge in [-0.1, -0.05) is 38.1 Å². The normalized spacial score (nSPS) is 12.7. The molecule has 0 spiro atoms. The number of aliphatic hydroxyl groups excluding tert-OH is 1. The maximum atomic E-state index is 12.4. The average Bonchev–Trinajstić information content (AvgIpc) is 2.57. The number of aliphatic hydroxyl groups is 1. The average molecular weight is 323 g/mol. The zero-order chi connectivity index (χ0) is 17.1. The summed E-state index contributed by atoms with van der Waals surface area (Å²) in [5.74, 6) is 0.594. The summed E-state index contributed by atoms with van der Waals surface area (Å²) < 4.78 is 1.43. The molecule has 3 aromatic rings. The van der Waals surface area contributed by atoms with Crippen LogP contribution in [0.4, 0.5) is 0 Å². The molecule has 0 fully saturated rings. The summed E-state index contributed by atoms with van der Waals surface area (Å²) in [6.45, 7) is 4.52. The summed E-state index contributed by atoms with van der Waals surface area (Å²) in [6, 6.07) is 11.3. The number of hydrogen-bond donors (Lipinski definition) is 1. The Bertz CT molecular complexity index is 885. The second-order valence-corrected chi connectivity index (χ2v) is 6.43. The van der Waals surface area contributed by atoms with Crippen molar-refractivity contribution < 1.29 is 5.11 Å². The van der Waals surface area contributed by atoms with Gasteiger partial charge in [0.1, 0.15) is 6.33 Å². The van der Waals surface area contributed by atoms with Gasteiger partial charge in [-0.3, -0.25) is 9.36 Å². The highest BCUT2D eigenvalue weighted by molar-refractivity contribution is 5.72. The van der Waals surface area contributed by atoms with Crippen LogP contribution in [0.2, 0.25) is 0 Å².